The number of nitrogens with zero attached hydrogens (tertiary/aromatic N) is 1. The van der Waals surface area contributed by atoms with E-state index in [1.807, 2.05) is 5.43 Å². The number of nitrogens with one attached hydrogen (secondary N) is 1. The number of carbonyl (C=O) groups excluding carboxylic acids is 1. The summed E-state index contributed by atoms with van der Waals surface area (Å²) in [6.45, 7) is 1.69. The lowest BCUT2D eigenvalue weighted by molar-refractivity contribution is -0.547. The minimum absolute atomic E-state index is 0.124. The van der Waals surface area contributed by atoms with E-state index < -0.39 is 11.1 Å². The Kier molecular flexibility index (Phi) is 5.44. The van der Waals surface area contributed by atoms with Crippen molar-refractivity contribution in [2.75, 3.05) is 12.0 Å². The van der Waals surface area contributed by atoms with Crippen LogP contribution in [0.25, 0.3) is 0 Å². The molecule has 0 bridgehead atoms. The van der Waals surface area contributed by atoms with Gasteiger partial charge in [-0.25, -0.2) is 10.1 Å². The van der Waals surface area contributed by atoms with Gasteiger partial charge in [0.1, 0.15) is 0 Å². The molecule has 0 heterocycles. The van der Waals surface area contributed by atoms with Gasteiger partial charge in [0, 0.05) is 12.2 Å². The van der Waals surface area contributed by atoms with Gasteiger partial charge in [0.05, 0.1) is 0 Å². The van der Waals surface area contributed by atoms with Crippen LogP contribution in [0.2, 0.25) is 0 Å². The van der Waals surface area contributed by atoms with Crippen molar-refractivity contribution in [3.05, 3.63) is 10.1 Å². The van der Waals surface area contributed by atoms with E-state index >= 15 is 0 Å². The van der Waals surface area contributed by atoms with Crippen LogP contribution >= 0.6 is 11.8 Å². The van der Waals surface area contributed by atoms with Crippen LogP contribution in [0.15, 0.2) is 0 Å². The van der Waals surface area contributed by atoms with Gasteiger partial charge < -0.3 is 0 Å². The molecule has 0 radical (unpaired) electrons. The number of hydrogen-bond acceptors (Lipinski definition) is 4. The lowest BCUT2D eigenvalue weighted by atomic mass is 10.2. The number of hydrogen-bond donors (Lipinski definition) is 1. The number of hydrazine groups is 1. The highest BCUT2D eigenvalue weighted by Gasteiger charge is 2.19. The molecule has 0 aliphatic carbocycles. The maximum Gasteiger partial charge on any atom is 0.161 e. The zero-order chi connectivity index (χ0) is 9.56. The average molecular weight is 192 g/mol. The summed E-state index contributed by atoms with van der Waals surface area (Å²) in [7, 11) is 0. The van der Waals surface area contributed by atoms with Gasteiger partial charge in [-0.05, 0) is 6.26 Å². The zero-order valence-electron chi connectivity index (χ0n) is 7.07. The molecule has 0 fully saturated rings. The highest BCUT2D eigenvalue weighted by atomic mass is 32.2. The summed E-state index contributed by atoms with van der Waals surface area (Å²) in [5, 5.41) is 9.37. The molecule has 12 heavy (non-hydrogen) atoms. The Morgan fingerprint density at radius 3 is 2.67 bits per heavy atom. The summed E-state index contributed by atoms with van der Waals surface area (Å²) in [6, 6.07) is -0.653. The Hall–Kier alpha value is -0.780. The molecule has 1 N–H and O–H groups in total. The molecule has 0 spiro atoms. The van der Waals surface area contributed by atoms with Crippen molar-refractivity contribution in [3.8, 4) is 0 Å². The predicted molar refractivity (Wildman–Crippen MR) is 47.6 cm³/mol. The third-order valence-corrected chi connectivity index (χ3v) is 2.00. The zero-order valence-corrected chi connectivity index (χ0v) is 7.89. The summed E-state index contributed by atoms with van der Waals surface area (Å²) in [4.78, 5) is 21.1. The number of ketones is 1. The van der Waals surface area contributed by atoms with Gasteiger partial charge in [0.25, 0.3) is 0 Å². The van der Waals surface area contributed by atoms with Crippen molar-refractivity contribution < 1.29 is 9.83 Å². The largest absolute Gasteiger partial charge is 0.297 e. The molecule has 0 aromatic rings. The van der Waals surface area contributed by atoms with Gasteiger partial charge in [-0.3, -0.25) is 4.79 Å². The Bertz CT molecular complexity index is 174. The SMILES string of the molecule is CCC(=O)[C@H](CSC)N[N+](=O)[O-]. The topological polar surface area (TPSA) is 72.2 Å². The Morgan fingerprint density at radius 2 is 2.33 bits per heavy atom. The second-order valence-electron chi connectivity index (χ2n) is 2.21. The molecule has 70 valence electrons. The fourth-order valence-corrected chi connectivity index (χ4v) is 1.34. The number of Topliss-reactive ketones (excluding diaryl/α,β-unsaturated/α-hetero) is 1. The van der Waals surface area contributed by atoms with Crippen molar-refractivity contribution in [3.63, 3.8) is 0 Å². The highest BCUT2D eigenvalue weighted by Crippen LogP contribution is 2.00. The van der Waals surface area contributed by atoms with Crippen molar-refractivity contribution in [1.82, 2.24) is 5.43 Å². The molecular formula is C6H12N2O3S. The number of nitro groups is 1. The second kappa shape index (κ2) is 5.82. The van der Waals surface area contributed by atoms with Gasteiger partial charge in [-0.2, -0.15) is 11.8 Å². The first-order valence-electron chi connectivity index (χ1n) is 3.54. The van der Waals surface area contributed by atoms with Crippen LogP contribution in [-0.2, 0) is 4.79 Å². The molecule has 0 aromatic heterocycles. The number of thioether (sulfide) groups is 1. The quantitative estimate of drug-likeness (QED) is 0.489. The Balaban J connectivity index is 4.02. The Morgan fingerprint density at radius 1 is 1.75 bits per heavy atom. The van der Waals surface area contributed by atoms with Crippen molar-refractivity contribution in [2.45, 2.75) is 19.4 Å². The highest BCUT2D eigenvalue weighted by molar-refractivity contribution is 7.98. The standard InChI is InChI=1S/C6H12N2O3S/c1-3-6(9)5(4-12-2)7-8(10)11/h5,7H,3-4H2,1-2H3/t5-/m0/s1. The molecule has 0 aliphatic rings. The summed E-state index contributed by atoms with van der Waals surface area (Å²) in [5.41, 5.74) is 1.98. The van der Waals surface area contributed by atoms with Gasteiger partial charge in [0.2, 0.25) is 0 Å². The molecule has 0 unspecified atom stereocenters. The van der Waals surface area contributed by atoms with E-state index in [4.69, 9.17) is 0 Å². The summed E-state index contributed by atoms with van der Waals surface area (Å²) in [5.74, 6) is 0.314. The van der Waals surface area contributed by atoms with Crippen molar-refractivity contribution >= 4 is 17.5 Å². The average Bonchev–Trinajstić information content (AvgIpc) is 2.01. The van der Waals surface area contributed by atoms with Gasteiger partial charge in [-0.1, -0.05) is 6.92 Å². The fraction of sp³-hybridized carbons (Fsp3) is 0.833. The smallest absolute Gasteiger partial charge is 0.161 e. The van der Waals surface area contributed by atoms with Gasteiger partial charge >= 0.3 is 0 Å². The van der Waals surface area contributed by atoms with Crippen LogP contribution in [0.4, 0.5) is 0 Å². The normalized spacial score (nSPS) is 12.2. The summed E-state index contributed by atoms with van der Waals surface area (Å²) >= 11 is 1.41. The molecule has 0 saturated heterocycles. The summed E-state index contributed by atoms with van der Waals surface area (Å²) in [6.07, 6.45) is 2.13. The van der Waals surface area contributed by atoms with Crippen LogP contribution in [0, 0.1) is 10.1 Å². The maximum absolute atomic E-state index is 11.1. The van der Waals surface area contributed by atoms with Gasteiger partial charge in [0.15, 0.2) is 16.9 Å². The number of carbonyl (C=O) groups is 1. The van der Waals surface area contributed by atoms with E-state index in [2.05, 4.69) is 0 Å². The van der Waals surface area contributed by atoms with Crippen LogP contribution in [-0.4, -0.2) is 28.9 Å². The first kappa shape index (κ1) is 11.2. The Labute approximate surface area is 75.0 Å². The third-order valence-electron chi connectivity index (χ3n) is 1.33. The second-order valence-corrected chi connectivity index (χ2v) is 3.12. The molecule has 0 amide bonds. The van der Waals surface area contributed by atoms with E-state index in [1.165, 1.54) is 11.8 Å². The van der Waals surface area contributed by atoms with Crippen molar-refractivity contribution in [2.24, 2.45) is 0 Å². The lowest BCUT2D eigenvalue weighted by Gasteiger charge is -2.09. The molecule has 0 aromatic carbocycles. The maximum atomic E-state index is 11.1. The fourth-order valence-electron chi connectivity index (χ4n) is 0.743. The first-order chi connectivity index (χ1) is 5.61. The van der Waals surface area contributed by atoms with Gasteiger partial charge in [-0.15, -0.1) is 5.43 Å². The molecular weight excluding hydrogens is 180 g/mol. The van der Waals surface area contributed by atoms with Crippen LogP contribution in [0.3, 0.4) is 0 Å². The molecule has 6 heteroatoms. The molecule has 5 nitrogen and oxygen atoms in total. The summed E-state index contributed by atoms with van der Waals surface area (Å²) < 4.78 is 0. The first-order valence-corrected chi connectivity index (χ1v) is 4.93. The molecule has 0 aliphatic heterocycles. The molecule has 0 rings (SSSR count). The van der Waals surface area contributed by atoms with Crippen molar-refractivity contribution in [1.29, 1.82) is 0 Å². The van der Waals surface area contributed by atoms with Crippen LogP contribution in [0.1, 0.15) is 13.3 Å². The van der Waals surface area contributed by atoms with E-state index in [-0.39, 0.29) is 5.78 Å². The van der Waals surface area contributed by atoms with E-state index in [1.54, 1.807) is 13.2 Å². The van der Waals surface area contributed by atoms with Crippen LogP contribution in [0.5, 0.6) is 0 Å². The minimum Gasteiger partial charge on any atom is -0.297 e. The monoisotopic (exact) mass is 192 g/mol. The molecule has 1 atom stereocenters. The lowest BCUT2D eigenvalue weighted by Crippen LogP contribution is -2.41. The van der Waals surface area contributed by atoms with E-state index in [9.17, 15) is 14.9 Å². The molecule has 0 saturated carbocycles. The predicted octanol–water partition coefficient (Wildman–Crippen LogP) is 0.478. The third kappa shape index (κ3) is 4.17. The van der Waals surface area contributed by atoms with E-state index in [0.29, 0.717) is 12.2 Å². The minimum atomic E-state index is -0.672. The van der Waals surface area contributed by atoms with Crippen LogP contribution < -0.4 is 5.43 Å². The van der Waals surface area contributed by atoms with E-state index in [0.717, 1.165) is 0 Å². The number of rotatable bonds is 6.